The zero-order valence-electron chi connectivity index (χ0n) is 12.8. The van der Waals surface area contributed by atoms with E-state index in [4.69, 9.17) is 4.74 Å². The Morgan fingerprint density at radius 3 is 2.29 bits per heavy atom. The molecule has 21 heavy (non-hydrogen) atoms. The third kappa shape index (κ3) is 3.96. The van der Waals surface area contributed by atoms with E-state index in [0.717, 1.165) is 38.7 Å². The first-order valence-corrected chi connectivity index (χ1v) is 8.42. The van der Waals surface area contributed by atoms with Crippen molar-refractivity contribution in [2.45, 2.75) is 51.0 Å². The van der Waals surface area contributed by atoms with Crippen LogP contribution in [0.25, 0.3) is 0 Å². The van der Waals surface area contributed by atoms with Crippen molar-refractivity contribution in [3.8, 4) is 0 Å². The molecule has 0 unspecified atom stereocenters. The Morgan fingerprint density at radius 1 is 0.952 bits per heavy atom. The van der Waals surface area contributed by atoms with Gasteiger partial charge in [-0.05, 0) is 38.5 Å². The standard InChI is InChI=1S/C16H26N2O3/c19-15(7-6-14-3-1-2-12-21-14)17-8-10-18(11-9-17)16(20)13-4-5-13/h13-14H,1-12H2/t14-/m1/s1. The largest absolute Gasteiger partial charge is 0.378 e. The molecular formula is C16H26N2O3. The second-order valence-electron chi connectivity index (χ2n) is 6.51. The average Bonchev–Trinajstić information content (AvgIpc) is 3.38. The molecule has 0 radical (unpaired) electrons. The molecule has 2 heterocycles. The van der Waals surface area contributed by atoms with Gasteiger partial charge in [-0.15, -0.1) is 0 Å². The number of piperazine rings is 1. The quantitative estimate of drug-likeness (QED) is 0.788. The number of nitrogens with zero attached hydrogens (tertiary/aromatic N) is 2. The minimum absolute atomic E-state index is 0.225. The lowest BCUT2D eigenvalue weighted by Crippen LogP contribution is -2.51. The van der Waals surface area contributed by atoms with Gasteiger partial charge in [0.2, 0.25) is 11.8 Å². The SMILES string of the molecule is O=C(CC[C@H]1CCCCO1)N1CCN(C(=O)C2CC2)CC1. The molecule has 1 atom stereocenters. The summed E-state index contributed by atoms with van der Waals surface area (Å²) in [6.45, 7) is 3.66. The summed E-state index contributed by atoms with van der Waals surface area (Å²) in [7, 11) is 0. The zero-order chi connectivity index (χ0) is 14.7. The topological polar surface area (TPSA) is 49.9 Å². The lowest BCUT2D eigenvalue weighted by atomic mass is 10.0. The van der Waals surface area contributed by atoms with Gasteiger partial charge in [0.1, 0.15) is 0 Å². The third-order valence-electron chi connectivity index (χ3n) is 4.82. The van der Waals surface area contributed by atoms with Crippen molar-refractivity contribution in [3.63, 3.8) is 0 Å². The van der Waals surface area contributed by atoms with Crippen molar-refractivity contribution >= 4 is 11.8 Å². The Labute approximate surface area is 126 Å². The predicted octanol–water partition coefficient (Wildman–Crippen LogP) is 1.42. The highest BCUT2D eigenvalue weighted by Gasteiger charge is 2.35. The van der Waals surface area contributed by atoms with E-state index in [-0.39, 0.29) is 17.9 Å². The highest BCUT2D eigenvalue weighted by Crippen LogP contribution is 2.31. The maximum atomic E-state index is 12.2. The van der Waals surface area contributed by atoms with Crippen LogP contribution in [-0.2, 0) is 14.3 Å². The van der Waals surface area contributed by atoms with Crippen molar-refractivity contribution in [3.05, 3.63) is 0 Å². The summed E-state index contributed by atoms with van der Waals surface area (Å²) in [6.07, 6.45) is 7.29. The maximum Gasteiger partial charge on any atom is 0.225 e. The van der Waals surface area contributed by atoms with Crippen molar-refractivity contribution in [2.24, 2.45) is 5.92 Å². The highest BCUT2D eigenvalue weighted by atomic mass is 16.5. The maximum absolute atomic E-state index is 12.2. The van der Waals surface area contributed by atoms with Gasteiger partial charge >= 0.3 is 0 Å². The molecule has 2 amide bonds. The van der Waals surface area contributed by atoms with Gasteiger partial charge < -0.3 is 14.5 Å². The molecule has 1 saturated carbocycles. The molecule has 5 heteroatoms. The second kappa shape index (κ2) is 6.77. The number of rotatable bonds is 4. The number of carbonyl (C=O) groups excluding carboxylic acids is 2. The van der Waals surface area contributed by atoms with Crippen LogP contribution in [0.5, 0.6) is 0 Å². The molecular weight excluding hydrogens is 268 g/mol. The molecule has 118 valence electrons. The van der Waals surface area contributed by atoms with E-state index >= 15 is 0 Å². The summed E-state index contributed by atoms with van der Waals surface area (Å²) in [4.78, 5) is 28.1. The van der Waals surface area contributed by atoms with E-state index in [1.54, 1.807) is 0 Å². The first-order chi connectivity index (χ1) is 10.2. The van der Waals surface area contributed by atoms with Crippen LogP contribution in [-0.4, -0.2) is 60.5 Å². The Kier molecular flexibility index (Phi) is 4.78. The van der Waals surface area contributed by atoms with E-state index in [0.29, 0.717) is 38.5 Å². The fourth-order valence-electron chi connectivity index (χ4n) is 3.24. The number of amides is 2. The third-order valence-corrected chi connectivity index (χ3v) is 4.82. The smallest absolute Gasteiger partial charge is 0.225 e. The van der Waals surface area contributed by atoms with Gasteiger partial charge in [-0.25, -0.2) is 0 Å². The van der Waals surface area contributed by atoms with E-state index in [2.05, 4.69) is 0 Å². The summed E-state index contributed by atoms with van der Waals surface area (Å²) in [5.41, 5.74) is 0. The monoisotopic (exact) mass is 294 g/mol. The fourth-order valence-corrected chi connectivity index (χ4v) is 3.24. The van der Waals surface area contributed by atoms with Crippen molar-refractivity contribution in [2.75, 3.05) is 32.8 Å². The van der Waals surface area contributed by atoms with Gasteiger partial charge in [-0.2, -0.15) is 0 Å². The van der Waals surface area contributed by atoms with E-state index < -0.39 is 0 Å². The minimum Gasteiger partial charge on any atom is -0.378 e. The summed E-state index contributed by atoms with van der Waals surface area (Å²) < 4.78 is 5.67. The summed E-state index contributed by atoms with van der Waals surface area (Å²) in [5, 5.41) is 0. The van der Waals surface area contributed by atoms with Crippen molar-refractivity contribution < 1.29 is 14.3 Å². The van der Waals surface area contributed by atoms with Gasteiger partial charge in [-0.3, -0.25) is 9.59 Å². The second-order valence-corrected chi connectivity index (χ2v) is 6.51. The zero-order valence-corrected chi connectivity index (χ0v) is 12.8. The molecule has 0 N–H and O–H groups in total. The first kappa shape index (κ1) is 14.8. The van der Waals surface area contributed by atoms with Gasteiger partial charge in [0, 0.05) is 45.1 Å². The van der Waals surface area contributed by atoms with Crippen LogP contribution >= 0.6 is 0 Å². The molecule has 1 aliphatic carbocycles. The Balaban J connectivity index is 1.37. The molecule has 0 aromatic rings. The Bertz CT molecular complexity index is 381. The van der Waals surface area contributed by atoms with Crippen LogP contribution in [0.15, 0.2) is 0 Å². The minimum atomic E-state index is 0.225. The molecule has 0 bridgehead atoms. The van der Waals surface area contributed by atoms with Gasteiger partial charge in [-0.1, -0.05) is 0 Å². The van der Waals surface area contributed by atoms with Crippen molar-refractivity contribution in [1.29, 1.82) is 0 Å². The Hall–Kier alpha value is -1.10. The molecule has 2 aliphatic heterocycles. The van der Waals surface area contributed by atoms with Crippen LogP contribution in [0, 0.1) is 5.92 Å². The number of carbonyl (C=O) groups is 2. The van der Waals surface area contributed by atoms with Crippen LogP contribution in [0.1, 0.15) is 44.9 Å². The van der Waals surface area contributed by atoms with Crippen LogP contribution in [0.2, 0.25) is 0 Å². The summed E-state index contributed by atoms with van der Waals surface area (Å²) >= 11 is 0. The number of ether oxygens (including phenoxy) is 1. The number of hydrogen-bond acceptors (Lipinski definition) is 3. The Morgan fingerprint density at radius 2 is 1.67 bits per heavy atom. The molecule has 2 saturated heterocycles. The average molecular weight is 294 g/mol. The lowest BCUT2D eigenvalue weighted by Gasteiger charge is -2.35. The fraction of sp³-hybridized carbons (Fsp3) is 0.875. The van der Waals surface area contributed by atoms with Crippen molar-refractivity contribution in [1.82, 2.24) is 9.80 Å². The lowest BCUT2D eigenvalue weighted by molar-refractivity contribution is -0.140. The van der Waals surface area contributed by atoms with E-state index in [9.17, 15) is 9.59 Å². The molecule has 3 rings (SSSR count). The van der Waals surface area contributed by atoms with Crippen LogP contribution < -0.4 is 0 Å². The molecule has 3 fully saturated rings. The van der Waals surface area contributed by atoms with Gasteiger partial charge in [0.05, 0.1) is 6.10 Å². The van der Waals surface area contributed by atoms with E-state index in [1.807, 2.05) is 9.80 Å². The highest BCUT2D eigenvalue weighted by molar-refractivity contribution is 5.81. The predicted molar refractivity (Wildman–Crippen MR) is 78.7 cm³/mol. The first-order valence-electron chi connectivity index (χ1n) is 8.42. The van der Waals surface area contributed by atoms with Crippen LogP contribution in [0.4, 0.5) is 0 Å². The number of hydrogen-bond donors (Lipinski definition) is 0. The van der Waals surface area contributed by atoms with Gasteiger partial charge in [0.25, 0.3) is 0 Å². The molecule has 5 nitrogen and oxygen atoms in total. The summed E-state index contributed by atoms with van der Waals surface area (Å²) in [6, 6.07) is 0. The molecule has 3 aliphatic rings. The normalized spacial score (nSPS) is 26.8. The van der Waals surface area contributed by atoms with E-state index in [1.165, 1.54) is 6.42 Å². The molecule has 0 aromatic carbocycles. The summed E-state index contributed by atoms with van der Waals surface area (Å²) in [5.74, 6) is 0.816. The van der Waals surface area contributed by atoms with Gasteiger partial charge in [0.15, 0.2) is 0 Å². The molecule has 0 spiro atoms. The van der Waals surface area contributed by atoms with Crippen LogP contribution in [0.3, 0.4) is 0 Å². The molecule has 0 aromatic heterocycles.